The van der Waals surface area contributed by atoms with E-state index in [1.807, 2.05) is 6.08 Å². The van der Waals surface area contributed by atoms with Crippen molar-refractivity contribution in [2.45, 2.75) is 384 Å². The van der Waals surface area contributed by atoms with Crippen molar-refractivity contribution in [2.24, 2.45) is 0 Å². The number of amides is 1. The third-order valence-electron chi connectivity index (χ3n) is 16.1. The molecule has 7 atom stereocenters. The molecule has 0 bridgehead atoms. The van der Waals surface area contributed by atoms with Gasteiger partial charge in [-0.3, -0.25) is 4.79 Å². The number of carbonyl (C=O) groups excluding carboxylic acids is 1. The van der Waals surface area contributed by atoms with Gasteiger partial charge in [0.15, 0.2) is 6.29 Å². The number of ether oxygens (including phenoxy) is 2. The van der Waals surface area contributed by atoms with Crippen LogP contribution >= 0.6 is 0 Å². The number of carbonyl (C=O) groups is 1. The van der Waals surface area contributed by atoms with Crippen LogP contribution in [0.25, 0.3) is 0 Å². The zero-order chi connectivity index (χ0) is 53.6. The summed E-state index contributed by atoms with van der Waals surface area (Å²) in [5, 5.41) is 54.7. The first-order chi connectivity index (χ1) is 36.3. The number of allylic oxidation sites excluding steroid dienone is 1. The zero-order valence-electron chi connectivity index (χ0n) is 49.1. The fraction of sp³-hybridized carbons (Fsp3) is 0.954. The van der Waals surface area contributed by atoms with Gasteiger partial charge >= 0.3 is 0 Å². The first-order valence-electron chi connectivity index (χ1n) is 32.9. The molecule has 0 spiro atoms. The Bertz CT molecular complexity index is 1170. The molecule has 440 valence electrons. The Hall–Kier alpha value is -1.07. The van der Waals surface area contributed by atoms with Crippen molar-refractivity contribution in [3.8, 4) is 0 Å². The van der Waals surface area contributed by atoms with Crippen molar-refractivity contribution in [1.82, 2.24) is 5.32 Å². The number of hydrogen-bond donors (Lipinski definition) is 6. The second-order valence-electron chi connectivity index (χ2n) is 23.3. The third kappa shape index (κ3) is 43.9. The van der Waals surface area contributed by atoms with Crippen molar-refractivity contribution < 1.29 is 39.8 Å². The van der Waals surface area contributed by atoms with Crippen molar-refractivity contribution in [3.05, 3.63) is 12.2 Å². The Kier molecular flexibility index (Phi) is 53.0. The van der Waals surface area contributed by atoms with Crippen molar-refractivity contribution in [1.29, 1.82) is 0 Å². The lowest BCUT2D eigenvalue weighted by Crippen LogP contribution is -2.60. The van der Waals surface area contributed by atoms with E-state index < -0.39 is 49.5 Å². The second kappa shape index (κ2) is 55.3. The molecule has 1 aliphatic heterocycles. The summed E-state index contributed by atoms with van der Waals surface area (Å²) in [6.45, 7) is 3.84. The predicted octanol–water partition coefficient (Wildman–Crippen LogP) is 17.1. The largest absolute Gasteiger partial charge is 0.394 e. The van der Waals surface area contributed by atoms with Crippen LogP contribution in [0.1, 0.15) is 341 Å². The van der Waals surface area contributed by atoms with E-state index in [1.165, 1.54) is 283 Å². The molecular formula is C65H127NO8. The summed E-state index contributed by atoms with van der Waals surface area (Å²) in [4.78, 5) is 13.1. The Balaban J connectivity index is 2.15. The SMILES string of the molecule is CCCCCCCCCCCCCCCCCCCCCCCCCCCCC/C=C/C(O)C(COC1OC(CO)C(O)C(O)C1O)NC(=O)CCCCCCCCCCCCCCCCCCCCCCCC. The molecule has 6 N–H and O–H groups in total. The van der Waals surface area contributed by atoms with Gasteiger partial charge in [-0.25, -0.2) is 0 Å². The second-order valence-corrected chi connectivity index (χ2v) is 23.3. The quantitative estimate of drug-likeness (QED) is 0.0261. The van der Waals surface area contributed by atoms with Gasteiger partial charge in [0.1, 0.15) is 24.4 Å². The van der Waals surface area contributed by atoms with Crippen LogP contribution in [-0.4, -0.2) is 87.5 Å². The number of hydrogen-bond acceptors (Lipinski definition) is 8. The summed E-state index contributed by atoms with van der Waals surface area (Å²) in [5.41, 5.74) is 0. The van der Waals surface area contributed by atoms with Gasteiger partial charge < -0.3 is 40.3 Å². The zero-order valence-corrected chi connectivity index (χ0v) is 49.1. The highest BCUT2D eigenvalue weighted by molar-refractivity contribution is 5.76. The first kappa shape index (κ1) is 70.9. The van der Waals surface area contributed by atoms with Gasteiger partial charge in [-0.1, -0.05) is 328 Å². The Labute approximate surface area is 458 Å². The fourth-order valence-electron chi connectivity index (χ4n) is 10.9. The van der Waals surface area contributed by atoms with Crippen LogP contribution in [-0.2, 0) is 14.3 Å². The van der Waals surface area contributed by atoms with Crippen molar-refractivity contribution in [3.63, 3.8) is 0 Å². The minimum absolute atomic E-state index is 0.168. The van der Waals surface area contributed by atoms with Crippen LogP contribution < -0.4 is 5.32 Å². The minimum Gasteiger partial charge on any atom is -0.394 e. The number of aliphatic hydroxyl groups is 5. The normalized spacial score (nSPS) is 18.9. The highest BCUT2D eigenvalue weighted by atomic mass is 16.7. The third-order valence-corrected chi connectivity index (χ3v) is 16.1. The maximum atomic E-state index is 13.1. The van der Waals surface area contributed by atoms with Gasteiger partial charge in [-0.2, -0.15) is 0 Å². The van der Waals surface area contributed by atoms with Gasteiger partial charge in [0.2, 0.25) is 5.91 Å². The number of nitrogens with one attached hydrogen (secondary N) is 1. The maximum absolute atomic E-state index is 13.1. The van der Waals surface area contributed by atoms with Crippen LogP contribution in [0.5, 0.6) is 0 Å². The molecule has 0 aromatic heterocycles. The molecule has 0 saturated carbocycles. The van der Waals surface area contributed by atoms with Crippen LogP contribution in [0.2, 0.25) is 0 Å². The standard InChI is InChI=1S/C65H127NO8/c1-3-5-7-9-11-13-15-17-19-21-23-25-27-28-29-30-31-32-33-34-36-38-40-42-44-46-48-50-52-54-59(68)58(57-73-65-64(72)63(71)62(70)60(56-67)74-65)66-61(69)55-53-51-49-47-45-43-41-39-37-35-26-24-22-20-18-16-14-12-10-8-6-4-2/h52,54,58-60,62-65,67-68,70-72H,3-51,53,55-57H2,1-2H3,(H,66,69)/b54-52+. The summed E-state index contributed by atoms with van der Waals surface area (Å²) in [7, 11) is 0. The molecular weight excluding hydrogens is 923 g/mol. The highest BCUT2D eigenvalue weighted by Crippen LogP contribution is 2.23. The predicted molar refractivity (Wildman–Crippen MR) is 314 cm³/mol. The van der Waals surface area contributed by atoms with E-state index in [9.17, 15) is 30.3 Å². The lowest BCUT2D eigenvalue weighted by atomic mass is 9.99. The van der Waals surface area contributed by atoms with Gasteiger partial charge in [-0.15, -0.1) is 0 Å². The monoisotopic (exact) mass is 1050 g/mol. The molecule has 1 heterocycles. The van der Waals surface area contributed by atoms with E-state index in [0.717, 1.165) is 38.5 Å². The lowest BCUT2D eigenvalue weighted by molar-refractivity contribution is -0.302. The first-order valence-corrected chi connectivity index (χ1v) is 32.9. The molecule has 1 rings (SSSR count). The molecule has 7 unspecified atom stereocenters. The Morgan fingerprint density at radius 1 is 0.446 bits per heavy atom. The van der Waals surface area contributed by atoms with Gasteiger partial charge in [0.25, 0.3) is 0 Å². The molecule has 0 aliphatic carbocycles. The molecule has 1 aliphatic rings. The molecule has 74 heavy (non-hydrogen) atoms. The van der Waals surface area contributed by atoms with E-state index in [-0.39, 0.29) is 12.5 Å². The van der Waals surface area contributed by atoms with Crippen molar-refractivity contribution in [2.75, 3.05) is 13.2 Å². The fourth-order valence-corrected chi connectivity index (χ4v) is 10.9. The summed E-state index contributed by atoms with van der Waals surface area (Å²) in [6.07, 6.45) is 63.0. The number of aliphatic hydroxyl groups excluding tert-OH is 5. The van der Waals surface area contributed by atoms with E-state index in [0.29, 0.717) is 6.42 Å². The smallest absolute Gasteiger partial charge is 0.220 e. The van der Waals surface area contributed by atoms with E-state index >= 15 is 0 Å². The van der Waals surface area contributed by atoms with E-state index in [1.54, 1.807) is 6.08 Å². The van der Waals surface area contributed by atoms with Crippen LogP contribution in [0.4, 0.5) is 0 Å². The molecule has 1 amide bonds. The average molecular weight is 1050 g/mol. The maximum Gasteiger partial charge on any atom is 0.220 e. The van der Waals surface area contributed by atoms with E-state index in [2.05, 4.69) is 19.2 Å². The average Bonchev–Trinajstić information content (AvgIpc) is 3.40. The number of rotatable bonds is 58. The van der Waals surface area contributed by atoms with Gasteiger partial charge in [-0.05, 0) is 19.3 Å². The minimum atomic E-state index is -1.56. The summed E-state index contributed by atoms with van der Waals surface area (Å²) in [6, 6.07) is -0.801. The van der Waals surface area contributed by atoms with E-state index in [4.69, 9.17) is 9.47 Å². The Morgan fingerprint density at radius 3 is 1.05 bits per heavy atom. The molecule has 0 radical (unpaired) electrons. The molecule has 0 aromatic rings. The molecule has 1 saturated heterocycles. The topological polar surface area (TPSA) is 149 Å². The highest BCUT2D eigenvalue weighted by Gasteiger charge is 2.44. The lowest BCUT2D eigenvalue weighted by Gasteiger charge is -2.40. The summed E-state index contributed by atoms with van der Waals surface area (Å²) >= 11 is 0. The van der Waals surface area contributed by atoms with Crippen LogP contribution in [0.3, 0.4) is 0 Å². The van der Waals surface area contributed by atoms with Gasteiger partial charge in [0.05, 0.1) is 25.4 Å². The number of unbranched alkanes of at least 4 members (excludes halogenated alkanes) is 48. The molecule has 9 nitrogen and oxygen atoms in total. The summed E-state index contributed by atoms with van der Waals surface area (Å²) < 4.78 is 11.3. The molecule has 9 heteroatoms. The molecule has 1 fully saturated rings. The molecule has 0 aromatic carbocycles. The van der Waals surface area contributed by atoms with Crippen molar-refractivity contribution >= 4 is 5.91 Å². The van der Waals surface area contributed by atoms with Crippen LogP contribution in [0.15, 0.2) is 12.2 Å². The van der Waals surface area contributed by atoms with Crippen LogP contribution in [0, 0.1) is 0 Å². The summed E-state index contributed by atoms with van der Waals surface area (Å²) in [5.74, 6) is -0.168. The Morgan fingerprint density at radius 2 is 0.743 bits per heavy atom. The van der Waals surface area contributed by atoms with Gasteiger partial charge in [0, 0.05) is 6.42 Å².